The van der Waals surface area contributed by atoms with Crippen LogP contribution in [0, 0.1) is 12.8 Å². The number of hydrogen-bond acceptors (Lipinski definition) is 4. The zero-order valence-corrected chi connectivity index (χ0v) is 17.1. The first-order valence-electron chi connectivity index (χ1n) is 10.1. The number of benzene rings is 2. The van der Waals surface area contributed by atoms with E-state index in [-0.39, 0.29) is 11.9 Å². The summed E-state index contributed by atoms with van der Waals surface area (Å²) >= 11 is 0. The average Bonchev–Trinajstić information content (AvgIpc) is 3.42. The predicted molar refractivity (Wildman–Crippen MR) is 113 cm³/mol. The maximum Gasteiger partial charge on any atom is 0.217 e. The van der Waals surface area contributed by atoms with Crippen LogP contribution in [0.4, 0.5) is 0 Å². The van der Waals surface area contributed by atoms with Crippen molar-refractivity contribution in [1.82, 2.24) is 15.1 Å². The van der Waals surface area contributed by atoms with Gasteiger partial charge in [-0.25, -0.2) is 4.68 Å². The van der Waals surface area contributed by atoms with Crippen LogP contribution in [0.5, 0.6) is 11.5 Å². The molecule has 1 heterocycles. The van der Waals surface area contributed by atoms with Crippen molar-refractivity contribution in [1.29, 1.82) is 0 Å². The molecule has 152 valence electrons. The maximum absolute atomic E-state index is 11.1. The van der Waals surface area contributed by atoms with Gasteiger partial charge < -0.3 is 14.8 Å². The lowest BCUT2D eigenvalue weighted by Gasteiger charge is -2.14. The second kappa shape index (κ2) is 8.15. The number of aromatic nitrogens is 2. The Balaban J connectivity index is 1.46. The summed E-state index contributed by atoms with van der Waals surface area (Å²) in [6.07, 6.45) is 4.59. The number of amides is 1. The van der Waals surface area contributed by atoms with Crippen molar-refractivity contribution in [2.45, 2.75) is 39.7 Å². The molecule has 0 aliphatic heterocycles. The van der Waals surface area contributed by atoms with E-state index in [0.29, 0.717) is 6.61 Å². The Bertz CT molecular complexity index is 1010. The zero-order chi connectivity index (χ0) is 20.4. The molecule has 2 aromatic carbocycles. The van der Waals surface area contributed by atoms with Crippen molar-refractivity contribution < 1.29 is 14.3 Å². The van der Waals surface area contributed by atoms with E-state index in [1.54, 1.807) is 0 Å². The van der Waals surface area contributed by atoms with Gasteiger partial charge in [-0.15, -0.1) is 0 Å². The molecule has 0 radical (unpaired) electrons. The van der Waals surface area contributed by atoms with Crippen LogP contribution >= 0.6 is 0 Å². The standard InChI is InChI=1S/C23H27N3O3/c1-15(24-17(3)27)13-28-21-9-7-20(8-10-21)26-12-19-6-11-22(16(2)23(19)25-26)29-14-18-4-5-18/h6-12,15,18H,4-5,13-14H2,1-3H3,(H,24,27)/t15-/m0/s1. The van der Waals surface area contributed by atoms with Crippen molar-refractivity contribution in [3.63, 3.8) is 0 Å². The summed E-state index contributed by atoms with van der Waals surface area (Å²) in [6, 6.07) is 11.9. The molecule has 1 atom stereocenters. The molecule has 4 rings (SSSR count). The van der Waals surface area contributed by atoms with Gasteiger partial charge in [-0.05, 0) is 69.0 Å². The van der Waals surface area contributed by atoms with Gasteiger partial charge in [-0.3, -0.25) is 4.79 Å². The topological polar surface area (TPSA) is 65.4 Å². The molecule has 1 aliphatic rings. The molecule has 0 spiro atoms. The maximum atomic E-state index is 11.1. The Kier molecular flexibility index (Phi) is 5.43. The van der Waals surface area contributed by atoms with Gasteiger partial charge in [0.2, 0.25) is 5.91 Å². The molecule has 3 aromatic rings. The number of carbonyl (C=O) groups excluding carboxylic acids is 1. The number of nitrogens with one attached hydrogen (secondary N) is 1. The number of fused-ring (bicyclic) bond motifs is 1. The molecule has 0 bridgehead atoms. The highest BCUT2D eigenvalue weighted by atomic mass is 16.5. The van der Waals surface area contributed by atoms with Crippen LogP contribution in [0.1, 0.15) is 32.3 Å². The van der Waals surface area contributed by atoms with E-state index < -0.39 is 0 Å². The lowest BCUT2D eigenvalue weighted by molar-refractivity contribution is -0.119. The van der Waals surface area contributed by atoms with Crippen molar-refractivity contribution in [2.24, 2.45) is 5.92 Å². The fourth-order valence-electron chi connectivity index (χ4n) is 3.29. The van der Waals surface area contributed by atoms with Crippen LogP contribution in [0.3, 0.4) is 0 Å². The van der Waals surface area contributed by atoms with Crippen LogP contribution in [-0.2, 0) is 4.79 Å². The number of rotatable bonds is 8. The normalized spacial score (nSPS) is 14.6. The SMILES string of the molecule is CC(=O)N[C@@H](C)COc1ccc(-n2cc3ccc(OCC4CC4)c(C)c3n2)cc1. The van der Waals surface area contributed by atoms with E-state index in [1.165, 1.54) is 19.8 Å². The van der Waals surface area contributed by atoms with E-state index in [0.717, 1.165) is 46.2 Å². The molecule has 6 heteroatoms. The lowest BCUT2D eigenvalue weighted by Crippen LogP contribution is -2.35. The van der Waals surface area contributed by atoms with Gasteiger partial charge in [0, 0.05) is 24.1 Å². The summed E-state index contributed by atoms with van der Waals surface area (Å²) in [4.78, 5) is 11.1. The molecule has 0 unspecified atom stereocenters. The van der Waals surface area contributed by atoms with E-state index in [2.05, 4.69) is 18.3 Å². The Morgan fingerprint density at radius 1 is 1.21 bits per heavy atom. The highest BCUT2D eigenvalue weighted by molar-refractivity contribution is 5.84. The molecule has 1 N–H and O–H groups in total. The predicted octanol–water partition coefficient (Wildman–Crippen LogP) is 4.03. The quantitative estimate of drug-likeness (QED) is 0.628. The number of nitrogens with zero attached hydrogens (tertiary/aromatic N) is 2. The fraction of sp³-hybridized carbons (Fsp3) is 0.391. The van der Waals surface area contributed by atoms with E-state index in [9.17, 15) is 4.79 Å². The van der Waals surface area contributed by atoms with Crippen molar-refractivity contribution in [2.75, 3.05) is 13.2 Å². The van der Waals surface area contributed by atoms with Gasteiger partial charge in [-0.1, -0.05) is 0 Å². The number of carbonyl (C=O) groups is 1. The molecule has 29 heavy (non-hydrogen) atoms. The lowest BCUT2D eigenvalue weighted by atomic mass is 10.1. The zero-order valence-electron chi connectivity index (χ0n) is 17.1. The molecule has 0 saturated heterocycles. The highest BCUT2D eigenvalue weighted by Crippen LogP contribution is 2.32. The van der Waals surface area contributed by atoms with Crippen molar-refractivity contribution >= 4 is 16.8 Å². The van der Waals surface area contributed by atoms with Gasteiger partial charge >= 0.3 is 0 Å². The van der Waals surface area contributed by atoms with Crippen LogP contribution in [-0.4, -0.2) is 34.9 Å². The summed E-state index contributed by atoms with van der Waals surface area (Å²) in [5.41, 5.74) is 3.00. The molecular weight excluding hydrogens is 366 g/mol. The minimum atomic E-state index is -0.0569. The minimum Gasteiger partial charge on any atom is -0.493 e. The smallest absolute Gasteiger partial charge is 0.217 e. The second-order valence-electron chi connectivity index (χ2n) is 7.86. The van der Waals surface area contributed by atoms with Gasteiger partial charge in [0.1, 0.15) is 18.1 Å². The van der Waals surface area contributed by atoms with E-state index in [1.807, 2.05) is 48.1 Å². The third-order valence-electron chi connectivity index (χ3n) is 5.10. The highest BCUT2D eigenvalue weighted by Gasteiger charge is 2.22. The Labute approximate surface area is 170 Å². The fourth-order valence-corrected chi connectivity index (χ4v) is 3.29. The first-order chi connectivity index (χ1) is 14.0. The third kappa shape index (κ3) is 4.70. The van der Waals surface area contributed by atoms with Crippen molar-refractivity contribution in [3.8, 4) is 17.2 Å². The minimum absolute atomic E-state index is 0.0390. The summed E-state index contributed by atoms with van der Waals surface area (Å²) < 4.78 is 13.6. The van der Waals surface area contributed by atoms with Gasteiger partial charge in [-0.2, -0.15) is 5.10 Å². The van der Waals surface area contributed by atoms with E-state index >= 15 is 0 Å². The summed E-state index contributed by atoms with van der Waals surface area (Å²) in [5.74, 6) is 2.35. The van der Waals surface area contributed by atoms with Gasteiger partial charge in [0.15, 0.2) is 0 Å². The van der Waals surface area contributed by atoms with Gasteiger partial charge in [0.25, 0.3) is 0 Å². The van der Waals surface area contributed by atoms with Crippen LogP contribution in [0.25, 0.3) is 16.6 Å². The second-order valence-corrected chi connectivity index (χ2v) is 7.86. The van der Waals surface area contributed by atoms with E-state index in [4.69, 9.17) is 14.6 Å². The Hall–Kier alpha value is -3.02. The molecule has 1 fully saturated rings. The van der Waals surface area contributed by atoms with Crippen LogP contribution < -0.4 is 14.8 Å². The summed E-state index contributed by atoms with van der Waals surface area (Å²) in [5, 5.41) is 8.66. The molecule has 6 nitrogen and oxygen atoms in total. The summed E-state index contributed by atoms with van der Waals surface area (Å²) in [6.45, 7) is 6.71. The number of hydrogen-bond donors (Lipinski definition) is 1. The molecule has 1 aliphatic carbocycles. The summed E-state index contributed by atoms with van der Waals surface area (Å²) in [7, 11) is 0. The molecule has 1 aromatic heterocycles. The first kappa shape index (κ1) is 19.3. The number of ether oxygens (including phenoxy) is 2. The average molecular weight is 393 g/mol. The first-order valence-corrected chi connectivity index (χ1v) is 10.1. The van der Waals surface area contributed by atoms with Gasteiger partial charge in [0.05, 0.1) is 23.9 Å². The van der Waals surface area contributed by atoms with Crippen LogP contribution in [0.2, 0.25) is 0 Å². The Morgan fingerprint density at radius 2 is 1.97 bits per heavy atom. The van der Waals surface area contributed by atoms with Crippen molar-refractivity contribution in [3.05, 3.63) is 48.2 Å². The Morgan fingerprint density at radius 3 is 2.66 bits per heavy atom. The van der Waals surface area contributed by atoms with Crippen LogP contribution in [0.15, 0.2) is 42.6 Å². The number of aryl methyl sites for hydroxylation is 1. The molecule has 1 saturated carbocycles. The molecule has 1 amide bonds. The molecular formula is C23H27N3O3. The third-order valence-corrected chi connectivity index (χ3v) is 5.10. The largest absolute Gasteiger partial charge is 0.493 e. The monoisotopic (exact) mass is 393 g/mol.